The third kappa shape index (κ3) is 45.8. The monoisotopic (exact) mass is 1080 g/mol. The van der Waals surface area contributed by atoms with Crippen molar-refractivity contribution >= 4 is 5.91 Å². The van der Waals surface area contributed by atoms with Gasteiger partial charge in [0.1, 0.15) is 24.4 Å². The summed E-state index contributed by atoms with van der Waals surface area (Å²) in [6.07, 6.45) is 73.8. The second-order valence-corrected chi connectivity index (χ2v) is 22.2. The van der Waals surface area contributed by atoms with Crippen LogP contribution in [0.2, 0.25) is 0 Å². The lowest BCUT2D eigenvalue weighted by molar-refractivity contribution is -0.302. The average molecular weight is 1080 g/mol. The Morgan fingerprint density at radius 1 is 0.455 bits per heavy atom. The van der Waals surface area contributed by atoms with E-state index in [-0.39, 0.29) is 12.5 Å². The summed E-state index contributed by atoms with van der Waals surface area (Å²) in [5, 5.41) is 54.7. The van der Waals surface area contributed by atoms with Crippen molar-refractivity contribution in [1.82, 2.24) is 5.32 Å². The molecule has 1 aliphatic heterocycles. The second-order valence-electron chi connectivity index (χ2n) is 22.2. The van der Waals surface area contributed by atoms with Gasteiger partial charge in [-0.25, -0.2) is 0 Å². The predicted octanol–water partition coefficient (Wildman–Crippen LogP) is 17.0. The molecular formula is C68H121NO8. The highest BCUT2D eigenvalue weighted by Crippen LogP contribution is 2.23. The highest BCUT2D eigenvalue weighted by Gasteiger charge is 2.44. The van der Waals surface area contributed by atoms with Crippen LogP contribution in [0.1, 0.15) is 284 Å². The van der Waals surface area contributed by atoms with Crippen LogP contribution in [0.15, 0.2) is 85.1 Å². The molecule has 0 aliphatic carbocycles. The molecule has 0 aromatic carbocycles. The van der Waals surface area contributed by atoms with E-state index in [0.29, 0.717) is 6.42 Å². The Balaban J connectivity index is 2.20. The van der Waals surface area contributed by atoms with Crippen LogP contribution in [0.4, 0.5) is 0 Å². The number of unbranched alkanes of at least 4 members (excludes halogenated alkanes) is 33. The van der Waals surface area contributed by atoms with Crippen molar-refractivity contribution in [3.05, 3.63) is 85.1 Å². The molecule has 1 fully saturated rings. The minimum Gasteiger partial charge on any atom is -0.394 e. The van der Waals surface area contributed by atoms with E-state index in [4.69, 9.17) is 9.47 Å². The molecule has 6 N–H and O–H groups in total. The van der Waals surface area contributed by atoms with Gasteiger partial charge in [-0.15, -0.1) is 0 Å². The molecule has 0 bridgehead atoms. The van der Waals surface area contributed by atoms with Gasteiger partial charge in [-0.3, -0.25) is 4.79 Å². The Morgan fingerprint density at radius 2 is 0.805 bits per heavy atom. The molecule has 1 aliphatic rings. The summed E-state index contributed by atoms with van der Waals surface area (Å²) in [5.41, 5.74) is 0. The number of nitrogens with one attached hydrogen (secondary N) is 1. The van der Waals surface area contributed by atoms with Crippen molar-refractivity contribution in [1.29, 1.82) is 0 Å². The first-order valence-corrected chi connectivity index (χ1v) is 32.3. The highest BCUT2D eigenvalue weighted by molar-refractivity contribution is 5.76. The van der Waals surface area contributed by atoms with Crippen molar-refractivity contribution in [2.24, 2.45) is 0 Å². The Bertz CT molecular complexity index is 1490. The summed E-state index contributed by atoms with van der Waals surface area (Å²) in [6.45, 7) is 3.68. The fraction of sp³-hybridized carbons (Fsp3) is 0.779. The molecule has 446 valence electrons. The SMILES string of the molecule is CC/C=C\C/C=C\C/C=C\C/C=C\C/C=C\C/C=C\CCCCCCCCC(=O)NC(COC1OC(CO)C(O)C(O)C1O)C(O)/C=C/CCCCCCCCCCCCCCCCCCCCCCCCCCCCC. The fourth-order valence-electron chi connectivity index (χ4n) is 9.93. The van der Waals surface area contributed by atoms with Crippen LogP contribution in [-0.2, 0) is 14.3 Å². The first-order valence-electron chi connectivity index (χ1n) is 32.3. The van der Waals surface area contributed by atoms with Gasteiger partial charge in [-0.2, -0.15) is 0 Å². The molecule has 0 aromatic heterocycles. The molecule has 9 nitrogen and oxygen atoms in total. The summed E-state index contributed by atoms with van der Waals surface area (Å²) in [4.78, 5) is 13.1. The van der Waals surface area contributed by atoms with Gasteiger partial charge in [-0.05, 0) is 70.6 Å². The van der Waals surface area contributed by atoms with Crippen molar-refractivity contribution in [3.8, 4) is 0 Å². The number of allylic oxidation sites excluding steroid dienone is 13. The zero-order valence-electron chi connectivity index (χ0n) is 49.7. The normalized spacial score (nSPS) is 19.3. The van der Waals surface area contributed by atoms with E-state index in [2.05, 4.69) is 92.1 Å². The molecular weight excluding hydrogens is 959 g/mol. The van der Waals surface area contributed by atoms with Gasteiger partial charge in [0.05, 0.1) is 25.4 Å². The maximum atomic E-state index is 13.1. The zero-order valence-corrected chi connectivity index (χ0v) is 49.7. The fourth-order valence-corrected chi connectivity index (χ4v) is 9.93. The summed E-state index contributed by atoms with van der Waals surface area (Å²) in [6, 6.07) is -0.820. The number of rotatable bonds is 55. The number of aliphatic hydroxyl groups excluding tert-OH is 5. The highest BCUT2D eigenvalue weighted by atomic mass is 16.7. The largest absolute Gasteiger partial charge is 0.394 e. The van der Waals surface area contributed by atoms with Crippen LogP contribution in [0.25, 0.3) is 0 Å². The van der Waals surface area contributed by atoms with Gasteiger partial charge in [0.15, 0.2) is 6.29 Å². The van der Waals surface area contributed by atoms with Crippen molar-refractivity contribution in [3.63, 3.8) is 0 Å². The molecule has 0 aromatic rings. The minimum absolute atomic E-state index is 0.192. The Kier molecular flexibility index (Phi) is 53.2. The summed E-state index contributed by atoms with van der Waals surface area (Å²) in [5.74, 6) is -0.192. The van der Waals surface area contributed by atoms with Crippen LogP contribution in [0.3, 0.4) is 0 Å². The first-order chi connectivity index (χ1) is 37.8. The van der Waals surface area contributed by atoms with E-state index in [1.54, 1.807) is 6.08 Å². The molecule has 9 heteroatoms. The van der Waals surface area contributed by atoms with Crippen molar-refractivity contribution in [2.75, 3.05) is 13.2 Å². The van der Waals surface area contributed by atoms with Gasteiger partial charge >= 0.3 is 0 Å². The number of hydrogen-bond donors (Lipinski definition) is 6. The summed E-state index contributed by atoms with van der Waals surface area (Å²) in [7, 11) is 0. The van der Waals surface area contributed by atoms with Gasteiger partial charge < -0.3 is 40.3 Å². The predicted molar refractivity (Wildman–Crippen MR) is 327 cm³/mol. The lowest BCUT2D eigenvalue weighted by Gasteiger charge is -2.40. The molecule has 7 atom stereocenters. The van der Waals surface area contributed by atoms with E-state index in [0.717, 1.165) is 103 Å². The van der Waals surface area contributed by atoms with E-state index >= 15 is 0 Å². The average Bonchev–Trinajstić information content (AvgIpc) is 3.43. The Morgan fingerprint density at radius 3 is 1.19 bits per heavy atom. The number of carbonyl (C=O) groups excluding carboxylic acids is 1. The molecule has 77 heavy (non-hydrogen) atoms. The topological polar surface area (TPSA) is 149 Å². The number of amides is 1. The third-order valence-electron chi connectivity index (χ3n) is 15.0. The van der Waals surface area contributed by atoms with Gasteiger partial charge in [-0.1, -0.05) is 292 Å². The quantitative estimate of drug-likeness (QED) is 0.0261. The maximum absolute atomic E-state index is 13.1. The van der Waals surface area contributed by atoms with Crippen LogP contribution in [-0.4, -0.2) is 87.5 Å². The number of carbonyl (C=O) groups is 1. The van der Waals surface area contributed by atoms with E-state index in [9.17, 15) is 30.3 Å². The molecule has 1 amide bonds. The molecule has 1 rings (SSSR count). The second kappa shape index (κ2) is 56.6. The van der Waals surface area contributed by atoms with Crippen LogP contribution >= 0.6 is 0 Å². The van der Waals surface area contributed by atoms with Crippen LogP contribution < -0.4 is 5.32 Å². The van der Waals surface area contributed by atoms with Crippen molar-refractivity contribution < 1.29 is 39.8 Å². The first kappa shape index (κ1) is 72.4. The molecule has 1 saturated heterocycles. The number of ether oxygens (including phenoxy) is 2. The standard InChI is InChI=1S/C68H121NO8/c1-3-5-7-9-11-13-15-17-19-21-23-25-27-29-30-31-32-34-35-37-39-41-43-45-47-49-51-53-55-57-62(71)61(60-76-68-67(75)66(74)65(73)63(59-70)77-68)69-64(72)58-56-54-52-50-48-46-44-42-40-38-36-33-28-26-24-22-20-18-16-14-12-10-8-6-4-2/h6,8,12,14,18,20,24,26,33,36,40,42,55,57,61-63,65-68,70-71,73-75H,3-5,7,9-11,13,15-17,19,21-23,25,27-32,34-35,37-39,41,43-54,56,58-60H2,1-2H3,(H,69,72)/b8-6-,14-12-,20-18-,26-24-,36-33-,42-40-,57-55+. The van der Waals surface area contributed by atoms with Crippen LogP contribution in [0, 0.1) is 0 Å². The minimum atomic E-state index is -1.58. The smallest absolute Gasteiger partial charge is 0.220 e. The molecule has 0 saturated carbocycles. The van der Waals surface area contributed by atoms with Gasteiger partial charge in [0, 0.05) is 6.42 Å². The number of hydrogen-bond acceptors (Lipinski definition) is 8. The zero-order chi connectivity index (χ0) is 55.8. The summed E-state index contributed by atoms with van der Waals surface area (Å²) >= 11 is 0. The lowest BCUT2D eigenvalue weighted by atomic mass is 9.99. The van der Waals surface area contributed by atoms with E-state index in [1.165, 1.54) is 161 Å². The van der Waals surface area contributed by atoms with Gasteiger partial charge in [0.2, 0.25) is 5.91 Å². The maximum Gasteiger partial charge on any atom is 0.220 e. The van der Waals surface area contributed by atoms with Gasteiger partial charge in [0.25, 0.3) is 0 Å². The summed E-state index contributed by atoms with van der Waals surface area (Å²) < 4.78 is 11.3. The Hall–Kier alpha value is -2.63. The molecule has 7 unspecified atom stereocenters. The molecule has 0 radical (unpaired) electrons. The van der Waals surface area contributed by atoms with Crippen molar-refractivity contribution in [2.45, 2.75) is 326 Å². The third-order valence-corrected chi connectivity index (χ3v) is 15.0. The van der Waals surface area contributed by atoms with E-state index < -0.39 is 49.5 Å². The molecule has 1 heterocycles. The van der Waals surface area contributed by atoms with Crippen LogP contribution in [0.5, 0.6) is 0 Å². The van der Waals surface area contributed by atoms with E-state index in [1.807, 2.05) is 6.08 Å². The Labute approximate surface area is 473 Å². The number of aliphatic hydroxyl groups is 5. The lowest BCUT2D eigenvalue weighted by Crippen LogP contribution is -2.60. The molecule has 0 spiro atoms.